The van der Waals surface area contributed by atoms with Gasteiger partial charge in [0, 0.05) is 11.6 Å². The molecule has 0 aliphatic rings. The molecule has 4 heteroatoms. The predicted octanol–water partition coefficient (Wildman–Crippen LogP) is 2.14. The first-order valence-electron chi connectivity index (χ1n) is 3.51. The molecule has 0 fully saturated rings. The van der Waals surface area contributed by atoms with Gasteiger partial charge in [0.1, 0.15) is 11.6 Å². The fourth-order valence-corrected chi connectivity index (χ4v) is 0.913. The maximum Gasteiger partial charge on any atom is 0.131 e. The van der Waals surface area contributed by atoms with Crippen LogP contribution in [0.4, 0.5) is 4.39 Å². The van der Waals surface area contributed by atoms with E-state index >= 15 is 0 Å². The van der Waals surface area contributed by atoms with Gasteiger partial charge in [0.05, 0.1) is 6.04 Å². The molecule has 0 saturated heterocycles. The highest BCUT2D eigenvalue weighted by Crippen LogP contribution is 2.19. The van der Waals surface area contributed by atoms with E-state index in [0.717, 1.165) is 6.07 Å². The second kappa shape index (κ2) is 4.84. The molecule has 0 radical (unpaired) electrons. The summed E-state index contributed by atoms with van der Waals surface area (Å²) in [6, 6.07) is 3.34. The van der Waals surface area contributed by atoms with Crippen molar-refractivity contribution < 1.29 is 9.50 Å². The van der Waals surface area contributed by atoms with E-state index in [4.69, 9.17) is 10.8 Å². The first kappa shape index (κ1) is 11.9. The fraction of sp³-hybridized carbons (Fsp3) is 0.111. The topological polar surface area (TPSA) is 46.2 Å². The van der Waals surface area contributed by atoms with E-state index in [1.807, 2.05) is 0 Å². The lowest BCUT2D eigenvalue weighted by atomic mass is 10.1. The van der Waals surface area contributed by atoms with Crippen molar-refractivity contribution >= 4 is 12.4 Å². The molecule has 0 aliphatic heterocycles. The molecule has 0 amide bonds. The lowest BCUT2D eigenvalue weighted by molar-refractivity contribution is 0.467. The van der Waals surface area contributed by atoms with Crippen LogP contribution in [-0.4, -0.2) is 5.11 Å². The Morgan fingerprint density at radius 2 is 2.15 bits per heavy atom. The average Bonchev–Trinajstić information content (AvgIpc) is 2.03. The summed E-state index contributed by atoms with van der Waals surface area (Å²) in [5.41, 5.74) is 5.84. The Bertz CT molecular complexity index is 304. The number of aromatic hydroxyl groups is 1. The lowest BCUT2D eigenvalue weighted by Gasteiger charge is -2.07. The summed E-state index contributed by atoms with van der Waals surface area (Å²) in [6.45, 7) is 3.45. The second-order valence-corrected chi connectivity index (χ2v) is 2.47. The first-order valence-corrected chi connectivity index (χ1v) is 3.51. The van der Waals surface area contributed by atoms with Gasteiger partial charge in [-0.25, -0.2) is 4.39 Å². The molecule has 3 N–H and O–H groups in total. The van der Waals surface area contributed by atoms with Gasteiger partial charge in [0.25, 0.3) is 0 Å². The van der Waals surface area contributed by atoms with Crippen molar-refractivity contribution in [3.63, 3.8) is 0 Å². The van der Waals surface area contributed by atoms with Crippen LogP contribution in [0.2, 0.25) is 0 Å². The summed E-state index contributed by atoms with van der Waals surface area (Å²) >= 11 is 0. The number of nitrogens with two attached hydrogens (primary N) is 1. The van der Waals surface area contributed by atoms with Gasteiger partial charge in [0.2, 0.25) is 0 Å². The third-order valence-corrected chi connectivity index (χ3v) is 1.60. The highest BCUT2D eigenvalue weighted by molar-refractivity contribution is 5.85. The molecule has 1 aromatic carbocycles. The maximum absolute atomic E-state index is 13.0. The number of phenols is 1. The van der Waals surface area contributed by atoms with Crippen molar-refractivity contribution in [3.05, 3.63) is 42.2 Å². The predicted molar refractivity (Wildman–Crippen MR) is 52.4 cm³/mol. The number of phenolic OH excluding ortho intramolecular Hbond substituents is 1. The number of benzene rings is 1. The van der Waals surface area contributed by atoms with Gasteiger partial charge in [-0.2, -0.15) is 0 Å². The highest BCUT2D eigenvalue weighted by Gasteiger charge is 2.07. The molecule has 1 aromatic rings. The van der Waals surface area contributed by atoms with Crippen LogP contribution in [0.1, 0.15) is 11.6 Å². The molecular weight excluding hydrogens is 193 g/mol. The molecule has 1 rings (SSSR count). The van der Waals surface area contributed by atoms with Crippen LogP contribution >= 0.6 is 12.4 Å². The van der Waals surface area contributed by atoms with Crippen LogP contribution in [0.25, 0.3) is 0 Å². The summed E-state index contributed by atoms with van der Waals surface area (Å²) in [6.07, 6.45) is 1.44. The van der Waals surface area contributed by atoms with Gasteiger partial charge in [-0.05, 0) is 6.07 Å². The molecule has 0 heterocycles. The van der Waals surface area contributed by atoms with E-state index in [2.05, 4.69) is 6.58 Å². The highest BCUT2D eigenvalue weighted by atomic mass is 35.5. The molecule has 2 nitrogen and oxygen atoms in total. The molecule has 0 aliphatic carbocycles. The summed E-state index contributed by atoms with van der Waals surface area (Å²) in [5.74, 6) is -0.616. The van der Waals surface area contributed by atoms with Crippen molar-refractivity contribution in [2.45, 2.75) is 6.04 Å². The SMILES string of the molecule is C=C[C@H](N)c1ccc(O)cc1F.Cl. The minimum Gasteiger partial charge on any atom is -0.508 e. The second-order valence-electron chi connectivity index (χ2n) is 2.47. The molecular formula is C9H11ClFNO. The zero-order valence-electron chi connectivity index (χ0n) is 6.90. The number of halogens is 2. The van der Waals surface area contributed by atoms with E-state index in [-0.39, 0.29) is 18.2 Å². The smallest absolute Gasteiger partial charge is 0.131 e. The molecule has 0 unspecified atom stereocenters. The summed E-state index contributed by atoms with van der Waals surface area (Å²) < 4.78 is 13.0. The van der Waals surface area contributed by atoms with Crippen LogP contribution in [0, 0.1) is 5.82 Å². The standard InChI is InChI=1S/C9H10FNO.ClH/c1-2-9(11)7-4-3-6(12)5-8(7)10;/h2-5,9,12H,1,11H2;1H/t9-;/m0./s1. The van der Waals surface area contributed by atoms with Crippen molar-refractivity contribution in [3.8, 4) is 5.75 Å². The lowest BCUT2D eigenvalue weighted by Crippen LogP contribution is -2.08. The molecule has 72 valence electrons. The van der Waals surface area contributed by atoms with Crippen molar-refractivity contribution in [2.24, 2.45) is 5.73 Å². The molecule has 1 atom stereocenters. The zero-order valence-corrected chi connectivity index (χ0v) is 7.72. The Morgan fingerprint density at radius 1 is 1.54 bits per heavy atom. The van der Waals surface area contributed by atoms with Crippen molar-refractivity contribution in [1.29, 1.82) is 0 Å². The Kier molecular flexibility index (Phi) is 4.45. The molecule has 13 heavy (non-hydrogen) atoms. The monoisotopic (exact) mass is 203 g/mol. The van der Waals surface area contributed by atoms with E-state index in [0.29, 0.717) is 5.56 Å². The fourth-order valence-electron chi connectivity index (χ4n) is 0.913. The van der Waals surface area contributed by atoms with Crippen molar-refractivity contribution in [1.82, 2.24) is 0 Å². The Hall–Kier alpha value is -1.06. The van der Waals surface area contributed by atoms with E-state index in [1.165, 1.54) is 18.2 Å². The largest absolute Gasteiger partial charge is 0.508 e. The van der Waals surface area contributed by atoms with Crippen LogP contribution in [0.15, 0.2) is 30.9 Å². The van der Waals surface area contributed by atoms with Gasteiger partial charge >= 0.3 is 0 Å². The van der Waals surface area contributed by atoms with Crippen LogP contribution in [0.5, 0.6) is 5.75 Å². The van der Waals surface area contributed by atoms with Gasteiger partial charge in [-0.3, -0.25) is 0 Å². The summed E-state index contributed by atoms with van der Waals surface area (Å²) in [4.78, 5) is 0. The maximum atomic E-state index is 13.0. The molecule has 0 bridgehead atoms. The minimum absolute atomic E-state index is 0. The van der Waals surface area contributed by atoms with Crippen LogP contribution in [-0.2, 0) is 0 Å². The number of hydrogen-bond donors (Lipinski definition) is 2. The molecule has 0 saturated carbocycles. The van der Waals surface area contributed by atoms with Crippen LogP contribution in [0.3, 0.4) is 0 Å². The van der Waals surface area contributed by atoms with Gasteiger partial charge in [-0.1, -0.05) is 12.1 Å². The summed E-state index contributed by atoms with van der Waals surface area (Å²) in [7, 11) is 0. The van der Waals surface area contributed by atoms with Crippen LogP contribution < -0.4 is 5.73 Å². The zero-order chi connectivity index (χ0) is 9.14. The van der Waals surface area contributed by atoms with E-state index in [1.54, 1.807) is 0 Å². The Labute approximate surface area is 82.3 Å². The van der Waals surface area contributed by atoms with Gasteiger partial charge < -0.3 is 10.8 Å². The number of rotatable bonds is 2. The number of hydrogen-bond acceptors (Lipinski definition) is 2. The van der Waals surface area contributed by atoms with Gasteiger partial charge in [0.15, 0.2) is 0 Å². The minimum atomic E-state index is -0.523. The first-order chi connectivity index (χ1) is 5.65. The third-order valence-electron chi connectivity index (χ3n) is 1.60. The molecule has 0 spiro atoms. The van der Waals surface area contributed by atoms with Gasteiger partial charge in [-0.15, -0.1) is 19.0 Å². The summed E-state index contributed by atoms with van der Waals surface area (Å²) in [5, 5.41) is 8.89. The normalized spacial score (nSPS) is 11.5. The average molecular weight is 204 g/mol. The van der Waals surface area contributed by atoms with E-state index in [9.17, 15) is 4.39 Å². The van der Waals surface area contributed by atoms with E-state index < -0.39 is 11.9 Å². The third kappa shape index (κ3) is 2.72. The Balaban J connectivity index is 0.00000144. The van der Waals surface area contributed by atoms with Crippen molar-refractivity contribution in [2.75, 3.05) is 0 Å². The quantitative estimate of drug-likeness (QED) is 0.724. The Morgan fingerprint density at radius 3 is 2.62 bits per heavy atom. The molecule has 0 aromatic heterocycles.